The summed E-state index contributed by atoms with van der Waals surface area (Å²) in [6.07, 6.45) is 0. The quantitative estimate of drug-likeness (QED) is 0.567. The van der Waals surface area contributed by atoms with Gasteiger partial charge in [0.15, 0.2) is 11.5 Å². The van der Waals surface area contributed by atoms with Gasteiger partial charge in [-0.15, -0.1) is 0 Å². The van der Waals surface area contributed by atoms with Crippen molar-refractivity contribution in [2.45, 2.75) is 4.83 Å². The Morgan fingerprint density at radius 1 is 1.05 bits per heavy atom. The van der Waals surface area contributed by atoms with Crippen LogP contribution < -0.4 is 9.47 Å². The van der Waals surface area contributed by atoms with Crippen molar-refractivity contribution in [1.82, 2.24) is 0 Å². The third kappa shape index (κ3) is 3.52. The number of methoxy groups -OCH3 is 2. The van der Waals surface area contributed by atoms with Gasteiger partial charge in [-0.3, -0.25) is 0 Å². The second kappa shape index (κ2) is 6.99. The molecule has 0 fully saturated rings. The number of hydrogen-bond donors (Lipinski definition) is 0. The summed E-state index contributed by atoms with van der Waals surface area (Å²) < 4.78 is 25.2. The number of rotatable bonds is 4. The second-order valence-corrected chi connectivity index (χ2v) is 6.50. The Kier molecular flexibility index (Phi) is 5.52. The van der Waals surface area contributed by atoms with E-state index >= 15 is 0 Å². The number of hydrogen-bond acceptors (Lipinski definition) is 2. The monoisotopic (exact) mass is 436 g/mol. The van der Waals surface area contributed by atoms with E-state index in [2.05, 4.69) is 31.9 Å². The maximum Gasteiger partial charge on any atom is 0.162 e. The van der Waals surface area contributed by atoms with Crippen molar-refractivity contribution in [2.24, 2.45) is 0 Å². The summed E-state index contributed by atoms with van der Waals surface area (Å²) >= 11 is 13.0. The minimum atomic E-state index is -0.391. The van der Waals surface area contributed by atoms with E-state index in [0.717, 1.165) is 0 Å². The van der Waals surface area contributed by atoms with Crippen molar-refractivity contribution >= 4 is 43.5 Å². The van der Waals surface area contributed by atoms with Gasteiger partial charge in [-0.05, 0) is 23.8 Å². The van der Waals surface area contributed by atoms with Crippen LogP contribution in [-0.4, -0.2) is 14.2 Å². The molecule has 2 nitrogen and oxygen atoms in total. The van der Waals surface area contributed by atoms with E-state index in [0.29, 0.717) is 32.1 Å². The van der Waals surface area contributed by atoms with E-state index in [1.165, 1.54) is 13.2 Å². The molecule has 2 aromatic carbocycles. The molecule has 0 radical (unpaired) electrons. The lowest BCUT2D eigenvalue weighted by atomic mass is 10.0. The van der Waals surface area contributed by atoms with Crippen LogP contribution in [0.25, 0.3) is 0 Å². The molecule has 0 saturated heterocycles. The third-order valence-electron chi connectivity index (χ3n) is 3.01. The van der Waals surface area contributed by atoms with Crippen molar-refractivity contribution < 1.29 is 13.9 Å². The summed E-state index contributed by atoms with van der Waals surface area (Å²) in [5.41, 5.74) is 1.20. The molecule has 1 unspecified atom stereocenters. The molecule has 0 amide bonds. The smallest absolute Gasteiger partial charge is 0.162 e. The largest absolute Gasteiger partial charge is 0.493 e. The van der Waals surface area contributed by atoms with Gasteiger partial charge in [0.25, 0.3) is 0 Å². The van der Waals surface area contributed by atoms with Crippen LogP contribution in [0.1, 0.15) is 16.0 Å². The van der Waals surface area contributed by atoms with Crippen molar-refractivity contribution in [2.75, 3.05) is 14.2 Å². The SMILES string of the molecule is COc1cc(Cl)c(C(Br)c2ccc(Br)cc2F)cc1OC. The minimum absolute atomic E-state index is 0.322. The van der Waals surface area contributed by atoms with E-state index in [-0.39, 0.29) is 5.82 Å². The van der Waals surface area contributed by atoms with Gasteiger partial charge in [0, 0.05) is 21.1 Å². The lowest BCUT2D eigenvalue weighted by Crippen LogP contribution is -2.00. The first-order chi connectivity index (χ1) is 9.97. The molecule has 2 aromatic rings. The molecule has 21 heavy (non-hydrogen) atoms. The molecule has 112 valence electrons. The van der Waals surface area contributed by atoms with Crippen LogP contribution in [-0.2, 0) is 0 Å². The van der Waals surface area contributed by atoms with Crippen molar-refractivity contribution in [3.8, 4) is 11.5 Å². The molecule has 6 heteroatoms. The summed E-state index contributed by atoms with van der Waals surface area (Å²) in [4.78, 5) is -0.391. The topological polar surface area (TPSA) is 18.5 Å². The van der Waals surface area contributed by atoms with Crippen LogP contribution in [0.5, 0.6) is 11.5 Å². The Hall–Kier alpha value is -0.780. The fourth-order valence-corrected chi connectivity index (χ4v) is 3.42. The van der Waals surface area contributed by atoms with Crippen molar-refractivity contribution in [3.63, 3.8) is 0 Å². The minimum Gasteiger partial charge on any atom is -0.493 e. The molecule has 2 rings (SSSR count). The standard InChI is InChI=1S/C15H12Br2ClFO2/c1-20-13-6-10(11(18)7-14(13)21-2)15(17)9-4-3-8(16)5-12(9)19/h3-7,15H,1-2H3. The highest BCUT2D eigenvalue weighted by Gasteiger charge is 2.20. The second-order valence-electron chi connectivity index (χ2n) is 4.26. The van der Waals surface area contributed by atoms with Gasteiger partial charge in [0.05, 0.1) is 19.0 Å². The highest BCUT2D eigenvalue weighted by molar-refractivity contribution is 9.10. The Morgan fingerprint density at radius 2 is 1.67 bits per heavy atom. The van der Waals surface area contributed by atoms with E-state index in [1.807, 2.05) is 0 Å². The van der Waals surface area contributed by atoms with Crippen molar-refractivity contribution in [1.29, 1.82) is 0 Å². The molecular weight excluding hydrogens is 426 g/mol. The van der Waals surface area contributed by atoms with Gasteiger partial charge in [-0.2, -0.15) is 0 Å². The summed E-state index contributed by atoms with van der Waals surface area (Å²) in [6.45, 7) is 0. The van der Waals surface area contributed by atoms with E-state index in [4.69, 9.17) is 21.1 Å². The highest BCUT2D eigenvalue weighted by atomic mass is 79.9. The Labute approximate surface area is 144 Å². The van der Waals surface area contributed by atoms with Gasteiger partial charge < -0.3 is 9.47 Å². The predicted octanol–water partition coefficient (Wildman–Crippen LogP) is 5.74. The zero-order chi connectivity index (χ0) is 15.6. The van der Waals surface area contributed by atoms with Crippen LogP contribution in [0.2, 0.25) is 5.02 Å². The first-order valence-corrected chi connectivity index (χ1v) is 8.07. The third-order valence-corrected chi connectivity index (χ3v) is 4.82. The number of halogens is 4. The maximum absolute atomic E-state index is 14.1. The normalized spacial score (nSPS) is 12.1. The molecule has 0 bridgehead atoms. The van der Waals surface area contributed by atoms with Crippen LogP contribution >= 0.6 is 43.5 Å². The molecule has 0 N–H and O–H groups in total. The molecule has 0 heterocycles. The summed E-state index contributed by atoms with van der Waals surface area (Å²) in [5, 5.41) is 0.469. The van der Waals surface area contributed by atoms with Gasteiger partial charge in [0.1, 0.15) is 5.82 Å². The molecule has 0 aliphatic carbocycles. The summed E-state index contributed by atoms with van der Waals surface area (Å²) in [5.74, 6) is 0.748. The highest BCUT2D eigenvalue weighted by Crippen LogP contribution is 2.42. The van der Waals surface area contributed by atoms with Crippen LogP contribution in [0, 0.1) is 5.82 Å². The fraction of sp³-hybridized carbons (Fsp3) is 0.200. The Bertz CT molecular complexity index is 664. The molecule has 1 atom stereocenters. The lowest BCUT2D eigenvalue weighted by Gasteiger charge is -2.16. The van der Waals surface area contributed by atoms with Crippen LogP contribution in [0.3, 0.4) is 0 Å². The maximum atomic E-state index is 14.1. The molecule has 0 saturated carbocycles. The van der Waals surface area contributed by atoms with Crippen LogP contribution in [0.4, 0.5) is 4.39 Å². The summed E-state index contributed by atoms with van der Waals surface area (Å²) in [7, 11) is 3.08. The lowest BCUT2D eigenvalue weighted by molar-refractivity contribution is 0.354. The average molecular weight is 439 g/mol. The number of alkyl halides is 1. The zero-order valence-corrected chi connectivity index (χ0v) is 15.2. The molecule has 0 spiro atoms. The number of ether oxygens (including phenoxy) is 2. The number of benzene rings is 2. The predicted molar refractivity (Wildman–Crippen MR) is 89.4 cm³/mol. The first kappa shape index (κ1) is 16.6. The Morgan fingerprint density at radius 3 is 2.24 bits per heavy atom. The fourth-order valence-electron chi connectivity index (χ4n) is 1.94. The van der Waals surface area contributed by atoms with Gasteiger partial charge in [-0.1, -0.05) is 49.5 Å². The van der Waals surface area contributed by atoms with Crippen molar-refractivity contribution in [3.05, 3.63) is 56.8 Å². The molecular formula is C15H12Br2ClFO2. The van der Waals surface area contributed by atoms with E-state index in [1.54, 1.807) is 31.4 Å². The molecule has 0 aromatic heterocycles. The van der Waals surface area contributed by atoms with Gasteiger partial charge in [-0.25, -0.2) is 4.39 Å². The summed E-state index contributed by atoms with van der Waals surface area (Å²) in [6, 6.07) is 8.29. The zero-order valence-electron chi connectivity index (χ0n) is 11.3. The Balaban J connectivity index is 2.50. The van der Waals surface area contributed by atoms with E-state index < -0.39 is 4.83 Å². The van der Waals surface area contributed by atoms with Crippen LogP contribution in [0.15, 0.2) is 34.8 Å². The van der Waals surface area contributed by atoms with Gasteiger partial charge in [0.2, 0.25) is 0 Å². The molecule has 0 aliphatic heterocycles. The van der Waals surface area contributed by atoms with Gasteiger partial charge >= 0.3 is 0 Å². The van der Waals surface area contributed by atoms with E-state index in [9.17, 15) is 4.39 Å². The first-order valence-electron chi connectivity index (χ1n) is 5.98. The average Bonchev–Trinajstić information content (AvgIpc) is 2.46. The molecule has 0 aliphatic rings.